The minimum Gasteiger partial charge on any atom is -0.490 e. The Morgan fingerprint density at radius 3 is 2.75 bits per heavy atom. The van der Waals surface area contributed by atoms with Crippen LogP contribution in [0.15, 0.2) is 36.4 Å². The Morgan fingerprint density at radius 2 is 1.96 bits per heavy atom. The van der Waals surface area contributed by atoms with Gasteiger partial charge in [-0.05, 0) is 24.3 Å². The average Bonchev–Trinajstić information content (AvgIpc) is 2.81. The normalized spacial score (nSPS) is 13.1. The lowest BCUT2D eigenvalue weighted by Gasteiger charge is -2.11. The highest BCUT2D eigenvalue weighted by atomic mass is 35.5. The standard InChI is InChI=1S/C17H15ClFNO4/c18-13-9-12(3-4-14(13)19)24-10-17(21)20-11-2-5-15-16(8-11)23-7-1-6-22-15/h2-5,8-9H,1,6-7,10H2,(H,20,21). The van der Waals surface area contributed by atoms with Gasteiger partial charge in [-0.3, -0.25) is 4.79 Å². The molecule has 0 saturated carbocycles. The molecule has 0 radical (unpaired) electrons. The van der Waals surface area contributed by atoms with E-state index in [1.54, 1.807) is 18.2 Å². The number of carbonyl (C=O) groups is 1. The molecule has 0 spiro atoms. The van der Waals surface area contributed by atoms with Crippen molar-refractivity contribution >= 4 is 23.2 Å². The van der Waals surface area contributed by atoms with E-state index in [4.69, 9.17) is 25.8 Å². The van der Waals surface area contributed by atoms with Gasteiger partial charge in [0.1, 0.15) is 11.6 Å². The summed E-state index contributed by atoms with van der Waals surface area (Å²) >= 11 is 5.66. The van der Waals surface area contributed by atoms with Gasteiger partial charge >= 0.3 is 0 Å². The summed E-state index contributed by atoms with van der Waals surface area (Å²) in [5, 5.41) is 2.64. The fraction of sp³-hybridized carbons (Fsp3) is 0.235. The quantitative estimate of drug-likeness (QED) is 0.913. The van der Waals surface area contributed by atoms with E-state index in [0.29, 0.717) is 36.1 Å². The zero-order valence-electron chi connectivity index (χ0n) is 12.7. The molecule has 2 aromatic rings. The second kappa shape index (κ2) is 7.40. The van der Waals surface area contributed by atoms with Crippen LogP contribution in [0.4, 0.5) is 10.1 Å². The summed E-state index contributed by atoms with van der Waals surface area (Å²) in [6, 6.07) is 9.07. The molecule has 1 aliphatic rings. The van der Waals surface area contributed by atoms with Gasteiger partial charge in [0.05, 0.1) is 18.2 Å². The van der Waals surface area contributed by atoms with Gasteiger partial charge in [0.2, 0.25) is 0 Å². The number of hydrogen-bond acceptors (Lipinski definition) is 4. The Hall–Kier alpha value is -2.47. The van der Waals surface area contributed by atoms with Crippen molar-refractivity contribution in [3.05, 3.63) is 47.2 Å². The average molecular weight is 352 g/mol. The van der Waals surface area contributed by atoms with Crippen LogP contribution in [0.25, 0.3) is 0 Å². The number of rotatable bonds is 4. The van der Waals surface area contributed by atoms with Crippen LogP contribution < -0.4 is 19.5 Å². The van der Waals surface area contributed by atoms with Gasteiger partial charge in [-0.2, -0.15) is 0 Å². The molecule has 1 aliphatic heterocycles. The first-order valence-corrected chi connectivity index (χ1v) is 7.77. The maximum absolute atomic E-state index is 13.1. The highest BCUT2D eigenvalue weighted by molar-refractivity contribution is 6.30. The number of amides is 1. The molecule has 24 heavy (non-hydrogen) atoms. The van der Waals surface area contributed by atoms with Gasteiger partial charge in [0, 0.05) is 24.2 Å². The van der Waals surface area contributed by atoms with Gasteiger partial charge in [-0.25, -0.2) is 4.39 Å². The van der Waals surface area contributed by atoms with Crippen LogP contribution in [-0.4, -0.2) is 25.7 Å². The summed E-state index contributed by atoms with van der Waals surface area (Å²) < 4.78 is 29.4. The van der Waals surface area contributed by atoms with Gasteiger partial charge in [0.25, 0.3) is 5.91 Å². The Bertz CT molecular complexity index is 753. The van der Waals surface area contributed by atoms with Crippen LogP contribution in [0, 0.1) is 5.82 Å². The number of ether oxygens (including phenoxy) is 3. The van der Waals surface area contributed by atoms with Gasteiger partial charge in [-0.15, -0.1) is 0 Å². The molecular formula is C17H15ClFNO4. The van der Waals surface area contributed by atoms with Crippen molar-refractivity contribution < 1.29 is 23.4 Å². The summed E-state index contributed by atoms with van der Waals surface area (Å²) in [7, 11) is 0. The van der Waals surface area contributed by atoms with Crippen molar-refractivity contribution in [2.24, 2.45) is 0 Å². The topological polar surface area (TPSA) is 56.8 Å². The first-order chi connectivity index (χ1) is 11.6. The molecule has 0 atom stereocenters. The molecule has 3 rings (SSSR count). The lowest BCUT2D eigenvalue weighted by Crippen LogP contribution is -2.20. The van der Waals surface area contributed by atoms with E-state index < -0.39 is 5.82 Å². The Kier molecular flexibility index (Phi) is 5.05. The summed E-state index contributed by atoms with van der Waals surface area (Å²) in [6.07, 6.45) is 0.810. The van der Waals surface area contributed by atoms with E-state index in [1.807, 2.05) is 0 Å². The Labute approximate surface area is 143 Å². The maximum Gasteiger partial charge on any atom is 0.262 e. The summed E-state index contributed by atoms with van der Waals surface area (Å²) in [5.74, 6) is 0.667. The SMILES string of the molecule is O=C(COc1ccc(F)c(Cl)c1)Nc1ccc2c(c1)OCCCO2. The number of fused-ring (bicyclic) bond motifs is 1. The van der Waals surface area contributed by atoms with Crippen LogP contribution in [0.1, 0.15) is 6.42 Å². The van der Waals surface area contributed by atoms with Crippen molar-refractivity contribution in [1.82, 2.24) is 0 Å². The minimum atomic E-state index is -0.541. The van der Waals surface area contributed by atoms with Gasteiger partial charge in [0.15, 0.2) is 18.1 Å². The fourth-order valence-electron chi connectivity index (χ4n) is 2.15. The molecule has 2 aromatic carbocycles. The highest BCUT2D eigenvalue weighted by Crippen LogP contribution is 2.32. The van der Waals surface area contributed by atoms with E-state index in [1.165, 1.54) is 18.2 Å². The molecule has 0 bridgehead atoms. The second-order valence-electron chi connectivity index (χ2n) is 5.12. The molecule has 0 saturated heterocycles. The van der Waals surface area contributed by atoms with Crippen LogP contribution in [0.5, 0.6) is 17.2 Å². The summed E-state index contributed by atoms with van der Waals surface area (Å²) in [4.78, 5) is 12.0. The number of hydrogen-bond donors (Lipinski definition) is 1. The smallest absolute Gasteiger partial charge is 0.262 e. The zero-order valence-corrected chi connectivity index (χ0v) is 13.4. The second-order valence-corrected chi connectivity index (χ2v) is 5.53. The molecule has 0 aliphatic carbocycles. The number of nitrogens with one attached hydrogen (secondary N) is 1. The third kappa shape index (κ3) is 4.08. The van der Waals surface area contributed by atoms with Crippen molar-refractivity contribution in [1.29, 1.82) is 0 Å². The number of carbonyl (C=O) groups excluding carboxylic acids is 1. The third-order valence-corrected chi connectivity index (χ3v) is 3.58. The third-order valence-electron chi connectivity index (χ3n) is 3.29. The largest absolute Gasteiger partial charge is 0.490 e. The number of anilines is 1. The lowest BCUT2D eigenvalue weighted by atomic mass is 10.2. The van der Waals surface area contributed by atoms with Crippen molar-refractivity contribution in [2.75, 3.05) is 25.1 Å². The van der Waals surface area contributed by atoms with Crippen molar-refractivity contribution in [3.63, 3.8) is 0 Å². The van der Waals surface area contributed by atoms with Crippen LogP contribution >= 0.6 is 11.6 Å². The summed E-state index contributed by atoms with van der Waals surface area (Å²) in [6.45, 7) is 0.946. The molecule has 7 heteroatoms. The van der Waals surface area contributed by atoms with Crippen LogP contribution in [0.2, 0.25) is 5.02 Å². The molecule has 1 heterocycles. The van der Waals surface area contributed by atoms with Crippen molar-refractivity contribution in [2.45, 2.75) is 6.42 Å². The van der Waals surface area contributed by atoms with Crippen LogP contribution in [0.3, 0.4) is 0 Å². The molecule has 1 N–H and O–H groups in total. The Balaban J connectivity index is 1.58. The van der Waals surface area contributed by atoms with E-state index in [-0.39, 0.29) is 17.5 Å². The molecule has 5 nitrogen and oxygen atoms in total. The van der Waals surface area contributed by atoms with Gasteiger partial charge in [-0.1, -0.05) is 11.6 Å². The van der Waals surface area contributed by atoms with Crippen LogP contribution in [-0.2, 0) is 4.79 Å². The molecular weight excluding hydrogens is 337 g/mol. The van der Waals surface area contributed by atoms with Gasteiger partial charge < -0.3 is 19.5 Å². The summed E-state index contributed by atoms with van der Waals surface area (Å²) in [5.41, 5.74) is 0.574. The molecule has 0 aromatic heterocycles. The van der Waals surface area contributed by atoms with E-state index in [2.05, 4.69) is 5.32 Å². The molecule has 1 amide bonds. The minimum absolute atomic E-state index is 0.0594. The number of benzene rings is 2. The number of halogens is 2. The van der Waals surface area contributed by atoms with E-state index >= 15 is 0 Å². The molecule has 0 unspecified atom stereocenters. The van der Waals surface area contributed by atoms with Crippen molar-refractivity contribution in [3.8, 4) is 17.2 Å². The first-order valence-electron chi connectivity index (χ1n) is 7.39. The van der Waals surface area contributed by atoms with E-state index in [0.717, 1.165) is 6.42 Å². The molecule has 126 valence electrons. The Morgan fingerprint density at radius 1 is 1.17 bits per heavy atom. The fourth-order valence-corrected chi connectivity index (χ4v) is 2.32. The highest BCUT2D eigenvalue weighted by Gasteiger charge is 2.12. The first kappa shape index (κ1) is 16.4. The van der Waals surface area contributed by atoms with E-state index in [9.17, 15) is 9.18 Å². The predicted octanol–water partition coefficient (Wildman–Crippen LogP) is 3.66. The zero-order chi connectivity index (χ0) is 16.9. The monoisotopic (exact) mass is 351 g/mol. The predicted molar refractivity (Wildman–Crippen MR) is 87.6 cm³/mol. The lowest BCUT2D eigenvalue weighted by molar-refractivity contribution is -0.118. The molecule has 0 fully saturated rings. The maximum atomic E-state index is 13.1.